The Morgan fingerprint density at radius 3 is 2.31 bits per heavy atom. The number of rotatable bonds is 3. The first kappa shape index (κ1) is 12.6. The Kier molecular flexibility index (Phi) is 3.27. The molecule has 1 rings (SSSR count). The molecule has 1 heterocycles. The zero-order chi connectivity index (χ0) is 12.5. The zero-order valence-corrected chi connectivity index (χ0v) is 9.95. The molecule has 0 atom stereocenters. The van der Waals surface area contributed by atoms with Crippen LogP contribution in [-0.4, -0.2) is 35.7 Å². The molecule has 0 aliphatic carbocycles. The summed E-state index contributed by atoms with van der Waals surface area (Å²) in [4.78, 5) is 18.4. The molecule has 0 aliphatic rings. The van der Waals surface area contributed by atoms with Crippen LogP contribution in [0.5, 0.6) is 0 Å². The van der Waals surface area contributed by atoms with E-state index in [0.29, 0.717) is 0 Å². The van der Waals surface area contributed by atoms with Crippen LogP contribution in [0, 0.1) is 0 Å². The third-order valence-corrected chi connectivity index (χ3v) is 2.80. The molecule has 1 aromatic heterocycles. The normalized spacial score (nSPS) is 11.8. The number of carbonyl (C=O) groups is 1. The first-order valence-corrected chi connectivity index (χ1v) is 6.43. The van der Waals surface area contributed by atoms with Crippen molar-refractivity contribution in [2.45, 2.75) is 24.8 Å². The molecule has 7 heteroatoms. The first-order chi connectivity index (χ1) is 7.21. The number of carboxylic acids is 1. The lowest BCUT2D eigenvalue weighted by Gasteiger charge is -2.06. The number of aromatic carboxylic acids is 1. The molecule has 0 radical (unpaired) electrons. The summed E-state index contributed by atoms with van der Waals surface area (Å²) in [6.45, 7) is 3.51. The summed E-state index contributed by atoms with van der Waals surface area (Å²) < 4.78 is 22.6. The van der Waals surface area contributed by atoms with Crippen molar-refractivity contribution in [2.24, 2.45) is 0 Å². The lowest BCUT2D eigenvalue weighted by atomic mass is 10.2. The highest BCUT2D eigenvalue weighted by Gasteiger charge is 2.17. The fourth-order valence-corrected chi connectivity index (χ4v) is 1.59. The van der Waals surface area contributed by atoms with Gasteiger partial charge in [-0.1, -0.05) is 13.8 Å². The molecule has 0 saturated carbocycles. The van der Waals surface area contributed by atoms with E-state index in [9.17, 15) is 13.2 Å². The smallest absolute Gasteiger partial charge is 0.354 e. The molecule has 0 aromatic carbocycles. The van der Waals surface area contributed by atoms with Crippen molar-refractivity contribution in [3.8, 4) is 0 Å². The molecule has 16 heavy (non-hydrogen) atoms. The molecule has 88 valence electrons. The zero-order valence-electron chi connectivity index (χ0n) is 9.13. The van der Waals surface area contributed by atoms with Gasteiger partial charge in [0.05, 0.1) is 0 Å². The van der Waals surface area contributed by atoms with Gasteiger partial charge in [0.15, 0.2) is 20.6 Å². The Morgan fingerprint density at radius 1 is 1.38 bits per heavy atom. The number of hydrogen-bond acceptors (Lipinski definition) is 5. The predicted molar refractivity (Wildman–Crippen MR) is 56.2 cm³/mol. The fourth-order valence-electron chi connectivity index (χ4n) is 1.00. The lowest BCUT2D eigenvalue weighted by molar-refractivity contribution is 0.0689. The van der Waals surface area contributed by atoms with Gasteiger partial charge in [0.2, 0.25) is 0 Å². The van der Waals surface area contributed by atoms with Crippen molar-refractivity contribution >= 4 is 15.8 Å². The summed E-state index contributed by atoms with van der Waals surface area (Å²) in [5.74, 6) is -1.20. The minimum absolute atomic E-state index is 0.139. The van der Waals surface area contributed by atoms with Crippen LogP contribution in [0.15, 0.2) is 11.1 Å². The van der Waals surface area contributed by atoms with Crippen LogP contribution in [0.2, 0.25) is 0 Å². The van der Waals surface area contributed by atoms with Gasteiger partial charge in [-0.25, -0.2) is 23.2 Å². The van der Waals surface area contributed by atoms with Crippen molar-refractivity contribution in [2.75, 3.05) is 6.26 Å². The van der Waals surface area contributed by atoms with E-state index in [1.807, 2.05) is 0 Å². The molecular weight excluding hydrogens is 232 g/mol. The van der Waals surface area contributed by atoms with Crippen LogP contribution in [-0.2, 0) is 9.84 Å². The van der Waals surface area contributed by atoms with Crippen LogP contribution in [0.1, 0.15) is 36.1 Å². The summed E-state index contributed by atoms with van der Waals surface area (Å²) in [6, 6.07) is 0.962. The molecule has 0 fully saturated rings. The summed E-state index contributed by atoms with van der Waals surface area (Å²) in [6.07, 6.45) is 0.977. The van der Waals surface area contributed by atoms with Crippen LogP contribution in [0.4, 0.5) is 0 Å². The highest BCUT2D eigenvalue weighted by molar-refractivity contribution is 7.90. The van der Waals surface area contributed by atoms with Gasteiger partial charge < -0.3 is 5.11 Å². The first-order valence-electron chi connectivity index (χ1n) is 4.54. The standard InChI is InChI=1S/C9H12N2O4S/c1-5(2)8-10-6(9(12)13)4-7(11-8)16(3,14)15/h4-5H,1-3H3,(H,12,13). The maximum atomic E-state index is 11.3. The van der Waals surface area contributed by atoms with Crippen LogP contribution in [0.3, 0.4) is 0 Å². The van der Waals surface area contributed by atoms with Crippen molar-refractivity contribution < 1.29 is 18.3 Å². The highest BCUT2D eigenvalue weighted by Crippen LogP contribution is 2.14. The number of nitrogens with zero attached hydrogens (tertiary/aromatic N) is 2. The second-order valence-electron chi connectivity index (χ2n) is 3.68. The molecule has 6 nitrogen and oxygen atoms in total. The van der Waals surface area contributed by atoms with E-state index in [0.717, 1.165) is 12.3 Å². The van der Waals surface area contributed by atoms with Crippen molar-refractivity contribution in [3.05, 3.63) is 17.6 Å². The van der Waals surface area contributed by atoms with Crippen molar-refractivity contribution in [1.29, 1.82) is 0 Å². The van der Waals surface area contributed by atoms with Gasteiger partial charge in [0.1, 0.15) is 5.82 Å². The quantitative estimate of drug-likeness (QED) is 0.786. The summed E-state index contributed by atoms with van der Waals surface area (Å²) >= 11 is 0. The maximum Gasteiger partial charge on any atom is 0.354 e. The minimum Gasteiger partial charge on any atom is -0.477 e. The van der Waals surface area contributed by atoms with Crippen LogP contribution >= 0.6 is 0 Å². The van der Waals surface area contributed by atoms with Gasteiger partial charge in [-0.15, -0.1) is 0 Å². The molecule has 0 unspecified atom stereocenters. The van der Waals surface area contributed by atoms with Gasteiger partial charge in [0, 0.05) is 18.2 Å². The topological polar surface area (TPSA) is 97.2 Å². The van der Waals surface area contributed by atoms with Crippen molar-refractivity contribution in [3.63, 3.8) is 0 Å². The Labute approximate surface area is 93.3 Å². The third-order valence-electron chi connectivity index (χ3n) is 1.84. The Balaban J connectivity index is 3.48. The van der Waals surface area contributed by atoms with Crippen LogP contribution in [0.25, 0.3) is 0 Å². The summed E-state index contributed by atoms with van der Waals surface area (Å²) in [5, 5.41) is 8.54. The summed E-state index contributed by atoms with van der Waals surface area (Å²) in [7, 11) is -3.53. The lowest BCUT2D eigenvalue weighted by Crippen LogP contribution is -2.11. The molecule has 1 aromatic rings. The molecular formula is C9H12N2O4S. The Bertz CT molecular complexity index is 522. The second kappa shape index (κ2) is 4.17. The largest absolute Gasteiger partial charge is 0.477 e. The number of sulfone groups is 1. The highest BCUT2D eigenvalue weighted by atomic mass is 32.2. The molecule has 1 N–H and O–H groups in total. The molecule has 0 bridgehead atoms. The SMILES string of the molecule is CC(C)c1nc(C(=O)O)cc(S(C)(=O)=O)n1. The molecule has 0 spiro atoms. The minimum atomic E-state index is -3.53. The number of aromatic nitrogens is 2. The average molecular weight is 244 g/mol. The van der Waals surface area contributed by atoms with Gasteiger partial charge in [-0.3, -0.25) is 0 Å². The third kappa shape index (κ3) is 2.75. The molecule has 0 aliphatic heterocycles. The van der Waals surface area contributed by atoms with Gasteiger partial charge in [-0.2, -0.15) is 0 Å². The predicted octanol–water partition coefficient (Wildman–Crippen LogP) is 0.702. The Hall–Kier alpha value is -1.50. The van der Waals surface area contributed by atoms with Gasteiger partial charge in [0.25, 0.3) is 0 Å². The van der Waals surface area contributed by atoms with Gasteiger partial charge in [-0.05, 0) is 0 Å². The Morgan fingerprint density at radius 2 is 1.94 bits per heavy atom. The van der Waals surface area contributed by atoms with Gasteiger partial charge >= 0.3 is 5.97 Å². The molecule has 0 saturated heterocycles. The average Bonchev–Trinajstić information content (AvgIpc) is 2.15. The maximum absolute atomic E-state index is 11.3. The molecule has 0 amide bonds. The van der Waals surface area contributed by atoms with E-state index >= 15 is 0 Å². The van der Waals surface area contributed by atoms with E-state index in [-0.39, 0.29) is 22.5 Å². The van der Waals surface area contributed by atoms with E-state index in [2.05, 4.69) is 9.97 Å². The monoisotopic (exact) mass is 244 g/mol. The van der Waals surface area contributed by atoms with Crippen LogP contribution < -0.4 is 0 Å². The van der Waals surface area contributed by atoms with E-state index in [1.165, 1.54) is 0 Å². The van der Waals surface area contributed by atoms with E-state index < -0.39 is 15.8 Å². The van der Waals surface area contributed by atoms with E-state index in [1.54, 1.807) is 13.8 Å². The van der Waals surface area contributed by atoms with Crippen molar-refractivity contribution in [1.82, 2.24) is 9.97 Å². The number of hydrogen-bond donors (Lipinski definition) is 1. The second-order valence-corrected chi connectivity index (χ2v) is 5.64. The summed E-state index contributed by atoms with van der Waals surface area (Å²) in [5.41, 5.74) is -0.306. The van der Waals surface area contributed by atoms with E-state index in [4.69, 9.17) is 5.11 Å². The number of carboxylic acid groups (broad SMARTS) is 1. The fraction of sp³-hybridized carbons (Fsp3) is 0.444.